The van der Waals surface area contributed by atoms with Crippen LogP contribution in [0.4, 0.5) is 5.69 Å². The summed E-state index contributed by atoms with van der Waals surface area (Å²) in [6.07, 6.45) is 25.3. The van der Waals surface area contributed by atoms with Gasteiger partial charge < -0.3 is 4.90 Å². The molecule has 0 radical (unpaired) electrons. The molecule has 1 nitrogen and oxygen atoms in total. The lowest BCUT2D eigenvalue weighted by Gasteiger charge is -2.26. The Hall–Kier alpha value is -0.500. The van der Waals surface area contributed by atoms with Crippen molar-refractivity contribution in [2.45, 2.75) is 129 Å². The number of hydrogen-bond acceptors (Lipinski definition) is 1. The van der Waals surface area contributed by atoms with Gasteiger partial charge in [0.25, 0.3) is 0 Å². The van der Waals surface area contributed by atoms with Crippen molar-refractivity contribution in [3.8, 4) is 0 Å². The van der Waals surface area contributed by atoms with Gasteiger partial charge in [0.15, 0.2) is 0 Å². The lowest BCUT2D eigenvalue weighted by atomic mass is 10.1. The molecular weight excluding hydrogens is 430 g/mol. The Bertz CT molecular complexity index is 465. The summed E-state index contributed by atoms with van der Waals surface area (Å²) >= 11 is 3.78. The van der Waals surface area contributed by atoms with Gasteiger partial charge in [-0.2, -0.15) is 0 Å². The molecule has 0 saturated carbocycles. The fourth-order valence-electron chi connectivity index (χ4n) is 4.29. The average Bonchev–Trinajstić information content (AvgIpc) is 2.76. The van der Waals surface area contributed by atoms with Crippen LogP contribution in [0.15, 0.2) is 28.7 Å². The number of unbranched alkanes of at least 4 members (excludes halogenated alkanes) is 16. The van der Waals surface area contributed by atoms with Crippen molar-refractivity contribution < 1.29 is 0 Å². The number of benzene rings is 1. The highest BCUT2D eigenvalue weighted by molar-refractivity contribution is 9.10. The van der Waals surface area contributed by atoms with Gasteiger partial charge in [-0.15, -0.1) is 0 Å². The summed E-state index contributed by atoms with van der Waals surface area (Å²) in [7, 11) is 0. The van der Waals surface area contributed by atoms with Crippen LogP contribution in [0.5, 0.6) is 0 Å². The third kappa shape index (κ3) is 14.5. The van der Waals surface area contributed by atoms with Crippen molar-refractivity contribution in [3.63, 3.8) is 0 Å². The number of halogens is 1. The minimum absolute atomic E-state index is 1.20. The Balaban J connectivity index is 2.22. The first-order valence-corrected chi connectivity index (χ1v) is 14.1. The van der Waals surface area contributed by atoms with Crippen LogP contribution < -0.4 is 4.90 Å². The van der Waals surface area contributed by atoms with Gasteiger partial charge >= 0.3 is 0 Å². The molecule has 0 aliphatic rings. The SMILES string of the molecule is CCCCCCCCCCCN(CCCCCCCCCCC)c1ccccc1Br. The highest BCUT2D eigenvalue weighted by Crippen LogP contribution is 2.27. The molecule has 174 valence electrons. The van der Waals surface area contributed by atoms with Gasteiger partial charge in [0, 0.05) is 17.6 Å². The van der Waals surface area contributed by atoms with E-state index in [0.717, 1.165) is 0 Å². The zero-order chi connectivity index (χ0) is 21.7. The summed E-state index contributed by atoms with van der Waals surface area (Å²) in [5.41, 5.74) is 1.39. The van der Waals surface area contributed by atoms with E-state index in [0.29, 0.717) is 0 Å². The highest BCUT2D eigenvalue weighted by atomic mass is 79.9. The van der Waals surface area contributed by atoms with E-state index in [-0.39, 0.29) is 0 Å². The van der Waals surface area contributed by atoms with Gasteiger partial charge in [-0.25, -0.2) is 0 Å². The molecule has 1 aromatic rings. The van der Waals surface area contributed by atoms with E-state index in [9.17, 15) is 0 Å². The van der Waals surface area contributed by atoms with Crippen molar-refractivity contribution in [1.29, 1.82) is 0 Å². The Morgan fingerprint density at radius 1 is 0.533 bits per heavy atom. The Kier molecular flexibility index (Phi) is 18.7. The van der Waals surface area contributed by atoms with Gasteiger partial charge in [0.2, 0.25) is 0 Å². The van der Waals surface area contributed by atoms with Crippen LogP contribution in [-0.4, -0.2) is 13.1 Å². The fraction of sp³-hybridized carbons (Fsp3) is 0.786. The van der Waals surface area contributed by atoms with Crippen LogP contribution in [0, 0.1) is 0 Å². The Morgan fingerprint density at radius 3 is 1.30 bits per heavy atom. The zero-order valence-electron chi connectivity index (χ0n) is 20.3. The molecule has 0 fully saturated rings. The number of para-hydroxylation sites is 1. The average molecular weight is 481 g/mol. The van der Waals surface area contributed by atoms with E-state index >= 15 is 0 Å². The maximum Gasteiger partial charge on any atom is 0.0510 e. The second-order valence-corrected chi connectivity index (χ2v) is 9.95. The third-order valence-electron chi connectivity index (χ3n) is 6.26. The van der Waals surface area contributed by atoms with Gasteiger partial charge in [-0.05, 0) is 40.9 Å². The fourth-order valence-corrected chi connectivity index (χ4v) is 4.82. The number of nitrogens with zero attached hydrogens (tertiary/aromatic N) is 1. The first kappa shape index (κ1) is 27.5. The first-order valence-electron chi connectivity index (χ1n) is 13.3. The molecular formula is C28H50BrN. The smallest absolute Gasteiger partial charge is 0.0510 e. The molecule has 0 bridgehead atoms. The molecule has 30 heavy (non-hydrogen) atoms. The molecule has 2 heteroatoms. The van der Waals surface area contributed by atoms with Crippen molar-refractivity contribution in [2.75, 3.05) is 18.0 Å². The van der Waals surface area contributed by atoms with Crippen LogP contribution in [0.1, 0.15) is 129 Å². The van der Waals surface area contributed by atoms with E-state index in [2.05, 4.69) is 58.9 Å². The minimum Gasteiger partial charge on any atom is -0.371 e. The molecule has 0 aliphatic carbocycles. The molecule has 0 aromatic heterocycles. The predicted molar refractivity (Wildman–Crippen MR) is 141 cm³/mol. The van der Waals surface area contributed by atoms with Gasteiger partial charge in [-0.3, -0.25) is 0 Å². The molecule has 0 aliphatic heterocycles. The standard InChI is InChI=1S/C28H50BrN/c1-3-5-7-9-11-13-15-17-21-25-30(28-24-20-19-23-27(28)29)26-22-18-16-14-12-10-8-6-4-2/h19-20,23-24H,3-18,21-22,25-26H2,1-2H3. The molecule has 0 spiro atoms. The Morgan fingerprint density at radius 2 is 0.900 bits per heavy atom. The quantitative estimate of drug-likeness (QED) is 0.158. The minimum atomic E-state index is 1.20. The molecule has 0 N–H and O–H groups in total. The zero-order valence-corrected chi connectivity index (χ0v) is 21.9. The molecule has 1 aromatic carbocycles. The van der Waals surface area contributed by atoms with Crippen LogP contribution in [0.3, 0.4) is 0 Å². The van der Waals surface area contributed by atoms with E-state index in [1.165, 1.54) is 139 Å². The van der Waals surface area contributed by atoms with Crippen LogP contribution >= 0.6 is 15.9 Å². The van der Waals surface area contributed by atoms with Crippen molar-refractivity contribution in [3.05, 3.63) is 28.7 Å². The molecule has 0 atom stereocenters. The van der Waals surface area contributed by atoms with Crippen molar-refractivity contribution >= 4 is 21.6 Å². The third-order valence-corrected chi connectivity index (χ3v) is 6.93. The summed E-state index contributed by atoms with van der Waals surface area (Å²) in [6, 6.07) is 8.78. The second kappa shape index (κ2) is 20.4. The van der Waals surface area contributed by atoms with E-state index in [4.69, 9.17) is 0 Å². The topological polar surface area (TPSA) is 3.24 Å². The number of hydrogen-bond donors (Lipinski definition) is 0. The van der Waals surface area contributed by atoms with E-state index in [1.807, 2.05) is 0 Å². The normalized spacial score (nSPS) is 11.2. The summed E-state index contributed by atoms with van der Waals surface area (Å²) in [6.45, 7) is 7.00. The summed E-state index contributed by atoms with van der Waals surface area (Å²) in [5, 5.41) is 0. The van der Waals surface area contributed by atoms with E-state index < -0.39 is 0 Å². The predicted octanol–water partition coefficient (Wildman–Crippen LogP) is 10.3. The van der Waals surface area contributed by atoms with Gasteiger partial charge in [0.1, 0.15) is 0 Å². The molecule has 1 rings (SSSR count). The largest absolute Gasteiger partial charge is 0.371 e. The van der Waals surface area contributed by atoms with Crippen molar-refractivity contribution in [1.82, 2.24) is 0 Å². The molecule has 0 amide bonds. The van der Waals surface area contributed by atoms with Gasteiger partial charge in [-0.1, -0.05) is 129 Å². The summed E-state index contributed by atoms with van der Waals surface area (Å²) < 4.78 is 1.25. The number of rotatable bonds is 21. The first-order chi connectivity index (χ1) is 14.8. The van der Waals surface area contributed by atoms with Gasteiger partial charge in [0.05, 0.1) is 5.69 Å². The lowest BCUT2D eigenvalue weighted by Crippen LogP contribution is -2.26. The monoisotopic (exact) mass is 479 g/mol. The van der Waals surface area contributed by atoms with Crippen LogP contribution in [0.25, 0.3) is 0 Å². The second-order valence-electron chi connectivity index (χ2n) is 9.10. The maximum absolute atomic E-state index is 3.78. The molecule has 0 saturated heterocycles. The lowest BCUT2D eigenvalue weighted by molar-refractivity contribution is 0.548. The Labute approximate surface area is 197 Å². The molecule has 0 unspecified atom stereocenters. The maximum atomic E-state index is 3.78. The summed E-state index contributed by atoms with van der Waals surface area (Å²) in [5.74, 6) is 0. The summed E-state index contributed by atoms with van der Waals surface area (Å²) in [4.78, 5) is 2.63. The van der Waals surface area contributed by atoms with Crippen LogP contribution in [0.2, 0.25) is 0 Å². The number of anilines is 1. The highest BCUT2D eigenvalue weighted by Gasteiger charge is 2.09. The van der Waals surface area contributed by atoms with Crippen LogP contribution in [-0.2, 0) is 0 Å². The molecule has 0 heterocycles. The van der Waals surface area contributed by atoms with Crippen molar-refractivity contribution in [2.24, 2.45) is 0 Å². The van der Waals surface area contributed by atoms with E-state index in [1.54, 1.807) is 0 Å².